The minimum Gasteiger partial charge on any atom is -0.363 e. The van der Waals surface area contributed by atoms with Gasteiger partial charge in [0.05, 0.1) is 15.7 Å². The largest absolute Gasteiger partial charge is 0.363 e. The Morgan fingerprint density at radius 3 is 2.50 bits per heavy atom. The number of benzene rings is 2. The summed E-state index contributed by atoms with van der Waals surface area (Å²) in [5, 5.41) is 19.6. The number of thiophene rings is 1. The molecule has 36 heavy (non-hydrogen) atoms. The number of nitrogens with one attached hydrogen (secondary N) is 2. The Kier molecular flexibility index (Phi) is 7.84. The van der Waals surface area contributed by atoms with Gasteiger partial charge in [-0.1, -0.05) is 18.7 Å². The summed E-state index contributed by atoms with van der Waals surface area (Å²) >= 11 is 4.69. The van der Waals surface area contributed by atoms with Crippen LogP contribution in [0.5, 0.6) is 0 Å². The second-order valence-corrected chi connectivity index (χ2v) is 11.6. The summed E-state index contributed by atoms with van der Waals surface area (Å²) in [6, 6.07) is 16.9. The quantitative estimate of drug-likeness (QED) is 0.165. The zero-order chi connectivity index (χ0) is 24.9. The van der Waals surface area contributed by atoms with E-state index in [0.717, 1.165) is 39.2 Å². The van der Waals surface area contributed by atoms with Crippen LogP contribution < -0.4 is 15.5 Å². The van der Waals surface area contributed by atoms with Crippen molar-refractivity contribution in [3.8, 4) is 0 Å². The van der Waals surface area contributed by atoms with Gasteiger partial charge in [-0.05, 0) is 92.1 Å². The van der Waals surface area contributed by atoms with E-state index >= 15 is 0 Å². The van der Waals surface area contributed by atoms with E-state index in [1.807, 2.05) is 30.4 Å². The molecular formula is C26H29N7S3. The van der Waals surface area contributed by atoms with Gasteiger partial charge in [0.15, 0.2) is 0 Å². The maximum Gasteiger partial charge on any atom is 0.250 e. The summed E-state index contributed by atoms with van der Waals surface area (Å²) in [5.74, 6) is 0.938. The van der Waals surface area contributed by atoms with E-state index < -0.39 is 0 Å². The number of aromatic nitrogens is 2. The second kappa shape index (κ2) is 11.4. The molecule has 0 amide bonds. The average Bonchev–Trinajstić information content (AvgIpc) is 3.63. The Labute approximate surface area is 224 Å². The number of azo groups is 1. The standard InChI is InChI=1S/C26H29N7S3/c1-4-34-26-29-25(36-32-26)31-30-22-10-8-19(16-18(22)3)27-21-9-7-20(15-17(21)2)28-23-11-12-24(35-23)33-13-5-6-14-33/h7-12,15-16,27-28H,4-6,13-14H2,1-3H3. The minimum atomic E-state index is 0.576. The van der Waals surface area contributed by atoms with Crippen molar-refractivity contribution in [3.05, 3.63) is 59.7 Å². The molecule has 0 saturated carbocycles. The van der Waals surface area contributed by atoms with Crippen molar-refractivity contribution in [2.24, 2.45) is 10.2 Å². The maximum atomic E-state index is 4.38. The zero-order valence-electron chi connectivity index (χ0n) is 20.6. The van der Waals surface area contributed by atoms with Crippen molar-refractivity contribution in [3.63, 3.8) is 0 Å². The Hall–Kier alpha value is -2.95. The summed E-state index contributed by atoms with van der Waals surface area (Å²) in [7, 11) is 0. The van der Waals surface area contributed by atoms with Crippen LogP contribution in [-0.2, 0) is 0 Å². The molecule has 7 nitrogen and oxygen atoms in total. The predicted octanol–water partition coefficient (Wildman–Crippen LogP) is 8.83. The molecule has 2 N–H and O–H groups in total. The Morgan fingerprint density at radius 2 is 1.72 bits per heavy atom. The number of nitrogens with zero attached hydrogens (tertiary/aromatic N) is 5. The minimum absolute atomic E-state index is 0.576. The van der Waals surface area contributed by atoms with Gasteiger partial charge in [0.25, 0.3) is 0 Å². The fraction of sp³-hybridized carbons (Fsp3) is 0.308. The monoisotopic (exact) mass is 535 g/mol. The topological polar surface area (TPSA) is 77.8 Å². The van der Waals surface area contributed by atoms with E-state index in [2.05, 4.69) is 85.4 Å². The van der Waals surface area contributed by atoms with Gasteiger partial charge in [0, 0.05) is 41.7 Å². The molecule has 1 saturated heterocycles. The lowest BCUT2D eigenvalue weighted by Crippen LogP contribution is -2.15. The molecule has 0 unspecified atom stereocenters. The number of anilines is 5. The van der Waals surface area contributed by atoms with Crippen LogP contribution >= 0.6 is 34.6 Å². The molecule has 3 heterocycles. The van der Waals surface area contributed by atoms with Crippen molar-refractivity contribution in [1.29, 1.82) is 0 Å². The van der Waals surface area contributed by atoms with Crippen LogP contribution in [0.4, 0.5) is 37.9 Å². The highest BCUT2D eigenvalue weighted by molar-refractivity contribution is 7.99. The van der Waals surface area contributed by atoms with Crippen molar-refractivity contribution < 1.29 is 0 Å². The van der Waals surface area contributed by atoms with E-state index in [4.69, 9.17) is 0 Å². The molecular weight excluding hydrogens is 507 g/mol. The Bertz CT molecular complexity index is 1360. The number of aryl methyl sites for hydroxylation is 2. The average molecular weight is 536 g/mol. The Morgan fingerprint density at radius 1 is 0.944 bits per heavy atom. The van der Waals surface area contributed by atoms with Gasteiger partial charge in [0.1, 0.15) is 0 Å². The molecule has 10 heteroatoms. The first-order valence-electron chi connectivity index (χ1n) is 12.1. The molecule has 1 aliphatic heterocycles. The molecule has 1 aliphatic rings. The van der Waals surface area contributed by atoms with Crippen LogP contribution in [0.25, 0.3) is 0 Å². The maximum absolute atomic E-state index is 4.38. The normalized spacial score (nSPS) is 13.6. The van der Waals surface area contributed by atoms with Gasteiger partial charge in [-0.2, -0.15) is 9.36 Å². The third-order valence-corrected chi connectivity index (χ3v) is 8.40. The molecule has 0 atom stereocenters. The molecule has 0 spiro atoms. The third kappa shape index (κ3) is 6.05. The van der Waals surface area contributed by atoms with Crippen LogP contribution in [0, 0.1) is 13.8 Å². The summed E-state index contributed by atoms with van der Waals surface area (Å²) < 4.78 is 4.28. The first-order chi connectivity index (χ1) is 17.6. The van der Waals surface area contributed by atoms with Gasteiger partial charge in [-0.3, -0.25) is 0 Å². The van der Waals surface area contributed by atoms with E-state index in [9.17, 15) is 0 Å². The molecule has 2 aromatic heterocycles. The van der Waals surface area contributed by atoms with Gasteiger partial charge in [-0.25, -0.2) is 0 Å². The highest BCUT2D eigenvalue weighted by Crippen LogP contribution is 2.35. The fourth-order valence-electron chi connectivity index (χ4n) is 4.05. The van der Waals surface area contributed by atoms with Gasteiger partial charge in [0.2, 0.25) is 10.3 Å². The van der Waals surface area contributed by atoms with Crippen LogP contribution in [0.1, 0.15) is 30.9 Å². The molecule has 4 aromatic rings. The van der Waals surface area contributed by atoms with Gasteiger partial charge >= 0.3 is 0 Å². The van der Waals surface area contributed by atoms with E-state index in [1.54, 1.807) is 11.8 Å². The fourth-order valence-corrected chi connectivity index (χ4v) is 6.23. The van der Waals surface area contributed by atoms with E-state index in [0.29, 0.717) is 5.13 Å². The molecule has 0 bridgehead atoms. The van der Waals surface area contributed by atoms with E-state index in [-0.39, 0.29) is 0 Å². The molecule has 0 radical (unpaired) electrons. The van der Waals surface area contributed by atoms with Crippen molar-refractivity contribution in [2.45, 2.75) is 38.8 Å². The summed E-state index contributed by atoms with van der Waals surface area (Å²) in [4.78, 5) is 6.85. The Balaban J connectivity index is 1.22. The smallest absolute Gasteiger partial charge is 0.250 e. The van der Waals surface area contributed by atoms with Crippen LogP contribution in [0.2, 0.25) is 0 Å². The SMILES string of the molecule is CCSc1nsc(N=Nc2ccc(Nc3ccc(Nc4ccc(N5CCCC5)s4)cc3C)cc2C)n1. The molecule has 186 valence electrons. The van der Waals surface area contributed by atoms with Crippen LogP contribution in [0.15, 0.2) is 63.9 Å². The first-order valence-corrected chi connectivity index (χ1v) is 14.6. The summed E-state index contributed by atoms with van der Waals surface area (Å²) in [6.45, 7) is 8.58. The van der Waals surface area contributed by atoms with Crippen molar-refractivity contribution in [2.75, 3.05) is 34.4 Å². The third-order valence-electron chi connectivity index (χ3n) is 5.89. The van der Waals surface area contributed by atoms with Crippen LogP contribution in [-0.4, -0.2) is 28.2 Å². The summed E-state index contributed by atoms with van der Waals surface area (Å²) in [5.41, 5.74) is 6.22. The van der Waals surface area contributed by atoms with Crippen molar-refractivity contribution >= 4 is 72.5 Å². The highest BCUT2D eigenvalue weighted by atomic mass is 32.2. The number of hydrogen-bond acceptors (Lipinski definition) is 10. The lowest BCUT2D eigenvalue weighted by molar-refractivity contribution is 0.949. The highest BCUT2D eigenvalue weighted by Gasteiger charge is 2.14. The van der Waals surface area contributed by atoms with Gasteiger partial charge in [-0.15, -0.1) is 21.6 Å². The first kappa shape index (κ1) is 24.7. The number of rotatable bonds is 9. The molecule has 1 fully saturated rings. The predicted molar refractivity (Wildman–Crippen MR) is 155 cm³/mol. The molecule has 2 aromatic carbocycles. The zero-order valence-corrected chi connectivity index (χ0v) is 23.1. The second-order valence-electron chi connectivity index (χ2n) is 8.61. The number of hydrogen-bond donors (Lipinski definition) is 2. The molecule has 5 rings (SSSR count). The summed E-state index contributed by atoms with van der Waals surface area (Å²) in [6.07, 6.45) is 2.59. The van der Waals surface area contributed by atoms with Gasteiger partial charge < -0.3 is 15.5 Å². The lowest BCUT2D eigenvalue weighted by Gasteiger charge is -2.14. The number of thioether (sulfide) groups is 1. The van der Waals surface area contributed by atoms with Crippen molar-refractivity contribution in [1.82, 2.24) is 9.36 Å². The lowest BCUT2D eigenvalue weighted by atomic mass is 10.1. The van der Waals surface area contributed by atoms with Crippen LogP contribution in [0.3, 0.4) is 0 Å². The van der Waals surface area contributed by atoms with E-state index in [1.165, 1.54) is 53.0 Å². The molecule has 0 aliphatic carbocycles.